The first-order valence-electron chi connectivity index (χ1n) is 7.08. The summed E-state index contributed by atoms with van der Waals surface area (Å²) in [5.41, 5.74) is 1.02. The van der Waals surface area contributed by atoms with Gasteiger partial charge in [0.2, 0.25) is 0 Å². The van der Waals surface area contributed by atoms with Crippen LogP contribution in [0, 0.1) is 0 Å². The molecule has 0 spiro atoms. The number of rotatable bonds is 7. The first-order valence-corrected chi connectivity index (χ1v) is 7.46. The minimum absolute atomic E-state index is 0.160. The van der Waals surface area contributed by atoms with E-state index in [-0.39, 0.29) is 12.2 Å². The lowest BCUT2D eigenvalue weighted by Crippen LogP contribution is -2.26. The highest BCUT2D eigenvalue weighted by atomic mass is 35.5. The van der Waals surface area contributed by atoms with Crippen molar-refractivity contribution in [3.8, 4) is 5.75 Å². The van der Waals surface area contributed by atoms with E-state index < -0.39 is 6.29 Å². The van der Waals surface area contributed by atoms with Gasteiger partial charge in [-0.15, -0.1) is 0 Å². The number of aryl methyl sites for hydroxylation is 1. The van der Waals surface area contributed by atoms with E-state index in [1.165, 1.54) is 16.8 Å². The Morgan fingerprint density at radius 2 is 1.95 bits per heavy atom. The van der Waals surface area contributed by atoms with Gasteiger partial charge in [0.25, 0.3) is 5.56 Å². The Labute approximate surface area is 133 Å². The van der Waals surface area contributed by atoms with Crippen molar-refractivity contribution in [2.45, 2.75) is 20.1 Å². The molecule has 22 heavy (non-hydrogen) atoms. The van der Waals surface area contributed by atoms with Gasteiger partial charge in [-0.1, -0.05) is 11.6 Å². The normalized spacial score (nSPS) is 11.3. The fourth-order valence-corrected chi connectivity index (χ4v) is 2.29. The summed E-state index contributed by atoms with van der Waals surface area (Å²) < 4.78 is 18.1. The lowest BCUT2D eigenvalue weighted by atomic mass is 10.3. The number of aromatic nitrogens is 2. The van der Waals surface area contributed by atoms with E-state index in [2.05, 4.69) is 4.98 Å². The number of ether oxygens (including phenoxy) is 3. The molecule has 0 bridgehead atoms. The topological polar surface area (TPSA) is 62.6 Å². The van der Waals surface area contributed by atoms with Crippen LogP contribution in [0.3, 0.4) is 0 Å². The van der Waals surface area contributed by atoms with Gasteiger partial charge in [0.1, 0.15) is 17.1 Å². The van der Waals surface area contributed by atoms with Gasteiger partial charge in [-0.25, -0.2) is 0 Å². The molecule has 0 aromatic carbocycles. The molecule has 2 rings (SSSR count). The molecule has 0 saturated carbocycles. The average Bonchev–Trinajstić information content (AvgIpc) is 2.50. The summed E-state index contributed by atoms with van der Waals surface area (Å²) in [6, 6.07) is 3.10. The smallest absolute Gasteiger partial charge is 0.250 e. The number of halogens is 1. The first-order chi connectivity index (χ1) is 10.6. The molecule has 2 aromatic rings. The maximum absolute atomic E-state index is 11.8. The van der Waals surface area contributed by atoms with Gasteiger partial charge in [0.15, 0.2) is 12.0 Å². The van der Waals surface area contributed by atoms with Crippen LogP contribution >= 0.6 is 11.6 Å². The van der Waals surface area contributed by atoms with E-state index in [1.54, 1.807) is 13.1 Å². The second-order valence-corrected chi connectivity index (χ2v) is 4.96. The van der Waals surface area contributed by atoms with Crippen LogP contribution in [0.5, 0.6) is 5.75 Å². The van der Waals surface area contributed by atoms with Crippen LogP contribution in [0.25, 0.3) is 11.0 Å². The highest BCUT2D eigenvalue weighted by Gasteiger charge is 2.15. The molecule has 0 aliphatic heterocycles. The Balaban J connectivity index is 2.35. The van der Waals surface area contributed by atoms with Crippen LogP contribution in [0.15, 0.2) is 23.1 Å². The molecule has 2 aromatic heterocycles. The first kappa shape index (κ1) is 16.7. The van der Waals surface area contributed by atoms with Crippen molar-refractivity contribution >= 4 is 22.6 Å². The molecule has 2 heterocycles. The monoisotopic (exact) mass is 326 g/mol. The van der Waals surface area contributed by atoms with Crippen molar-refractivity contribution in [1.82, 2.24) is 9.55 Å². The van der Waals surface area contributed by atoms with Crippen LogP contribution in [-0.4, -0.2) is 35.7 Å². The predicted octanol–water partition coefficient (Wildman–Crippen LogP) is 2.36. The fourth-order valence-electron chi connectivity index (χ4n) is 2.10. The summed E-state index contributed by atoms with van der Waals surface area (Å²) in [6.07, 6.45) is 1.01. The standard InChI is InChI=1S/C15H19ClN2O4/c1-4-20-13(21-5-2)9-22-15-10(16)8-17-11-6-7-12(19)18(3)14(11)15/h6-8,13H,4-5,9H2,1-3H3. The van der Waals surface area contributed by atoms with Crippen molar-refractivity contribution in [1.29, 1.82) is 0 Å². The van der Waals surface area contributed by atoms with Crippen molar-refractivity contribution < 1.29 is 14.2 Å². The van der Waals surface area contributed by atoms with Gasteiger partial charge in [-0.05, 0) is 19.9 Å². The minimum Gasteiger partial charge on any atom is -0.484 e. The molecule has 7 heteroatoms. The van der Waals surface area contributed by atoms with Gasteiger partial charge in [0.05, 0.1) is 11.7 Å². The summed E-state index contributed by atoms with van der Waals surface area (Å²) >= 11 is 6.18. The van der Waals surface area contributed by atoms with Gasteiger partial charge >= 0.3 is 0 Å². The molecule has 0 aliphatic rings. The maximum atomic E-state index is 11.8. The highest BCUT2D eigenvalue weighted by molar-refractivity contribution is 6.32. The van der Waals surface area contributed by atoms with Crippen LogP contribution in [0.2, 0.25) is 5.02 Å². The van der Waals surface area contributed by atoms with Crippen molar-refractivity contribution in [3.05, 3.63) is 33.7 Å². The molecule has 0 unspecified atom stereocenters. The van der Waals surface area contributed by atoms with E-state index >= 15 is 0 Å². The van der Waals surface area contributed by atoms with Gasteiger partial charge in [-0.2, -0.15) is 0 Å². The quantitative estimate of drug-likeness (QED) is 0.731. The molecular weight excluding hydrogens is 308 g/mol. The Morgan fingerprint density at radius 1 is 1.27 bits per heavy atom. The van der Waals surface area contributed by atoms with Gasteiger partial charge in [0, 0.05) is 26.3 Å². The number of pyridine rings is 2. The molecule has 120 valence electrons. The third kappa shape index (κ3) is 3.58. The number of hydrogen-bond donors (Lipinski definition) is 0. The molecular formula is C15H19ClN2O4. The lowest BCUT2D eigenvalue weighted by molar-refractivity contribution is -0.152. The summed E-state index contributed by atoms with van der Waals surface area (Å²) in [4.78, 5) is 16.0. The highest BCUT2D eigenvalue weighted by Crippen LogP contribution is 2.31. The van der Waals surface area contributed by atoms with Crippen LogP contribution in [-0.2, 0) is 16.5 Å². The van der Waals surface area contributed by atoms with E-state index in [0.29, 0.717) is 35.0 Å². The van der Waals surface area contributed by atoms with Crippen LogP contribution in [0.4, 0.5) is 0 Å². The van der Waals surface area contributed by atoms with Gasteiger partial charge in [-0.3, -0.25) is 9.78 Å². The summed E-state index contributed by atoms with van der Waals surface area (Å²) in [7, 11) is 1.65. The molecule has 0 radical (unpaired) electrons. The SMILES string of the molecule is CCOC(COc1c(Cl)cnc2ccc(=O)n(C)c12)OCC. The van der Waals surface area contributed by atoms with E-state index in [4.69, 9.17) is 25.8 Å². The molecule has 0 amide bonds. The maximum Gasteiger partial charge on any atom is 0.250 e. The van der Waals surface area contributed by atoms with Crippen LogP contribution < -0.4 is 10.3 Å². The third-order valence-corrected chi connectivity index (χ3v) is 3.38. The summed E-state index contributed by atoms with van der Waals surface area (Å²) in [5, 5.41) is 0.334. The zero-order valence-corrected chi connectivity index (χ0v) is 13.6. The second-order valence-electron chi connectivity index (χ2n) is 4.55. The lowest BCUT2D eigenvalue weighted by Gasteiger charge is -2.19. The number of hydrogen-bond acceptors (Lipinski definition) is 5. The minimum atomic E-state index is -0.491. The molecule has 6 nitrogen and oxygen atoms in total. The third-order valence-electron chi connectivity index (χ3n) is 3.11. The molecule has 0 N–H and O–H groups in total. The molecule has 0 fully saturated rings. The van der Waals surface area contributed by atoms with Crippen molar-refractivity contribution in [2.24, 2.45) is 7.05 Å². The zero-order valence-electron chi connectivity index (χ0n) is 12.8. The van der Waals surface area contributed by atoms with Crippen molar-refractivity contribution in [2.75, 3.05) is 19.8 Å². The van der Waals surface area contributed by atoms with E-state index in [9.17, 15) is 4.79 Å². The predicted molar refractivity (Wildman–Crippen MR) is 84.5 cm³/mol. The largest absolute Gasteiger partial charge is 0.484 e. The Kier molecular flexibility index (Phi) is 5.76. The summed E-state index contributed by atoms with van der Waals surface area (Å²) in [5.74, 6) is 0.399. The zero-order chi connectivity index (χ0) is 16.1. The molecule has 0 atom stereocenters. The van der Waals surface area contributed by atoms with Gasteiger partial charge < -0.3 is 18.8 Å². The fraction of sp³-hybridized carbons (Fsp3) is 0.467. The molecule has 0 aliphatic carbocycles. The Bertz CT molecular complexity index is 696. The van der Waals surface area contributed by atoms with Crippen molar-refractivity contribution in [3.63, 3.8) is 0 Å². The van der Waals surface area contributed by atoms with E-state index in [0.717, 1.165) is 0 Å². The van der Waals surface area contributed by atoms with E-state index in [1.807, 2.05) is 13.8 Å². The Morgan fingerprint density at radius 3 is 2.59 bits per heavy atom. The Hall–Kier alpha value is -1.63. The second kappa shape index (κ2) is 7.58. The average molecular weight is 327 g/mol. The summed E-state index contributed by atoms with van der Waals surface area (Å²) in [6.45, 7) is 4.95. The van der Waals surface area contributed by atoms with Crippen LogP contribution in [0.1, 0.15) is 13.8 Å². The molecule has 0 saturated heterocycles. The number of fused-ring (bicyclic) bond motifs is 1. The number of nitrogens with zero attached hydrogens (tertiary/aromatic N) is 2.